The number of urea groups is 2. The molecular formula is C50H40N10Na4O16S2. The van der Waals surface area contributed by atoms with Gasteiger partial charge in [0.1, 0.15) is 31.8 Å². The van der Waals surface area contributed by atoms with Gasteiger partial charge in [0.25, 0.3) is 11.8 Å². The molecular weight excluding hydrogens is 1150 g/mol. The van der Waals surface area contributed by atoms with Gasteiger partial charge < -0.3 is 71.0 Å². The summed E-state index contributed by atoms with van der Waals surface area (Å²) in [4.78, 5) is 74.9. The molecule has 32 heteroatoms. The summed E-state index contributed by atoms with van der Waals surface area (Å²) >= 11 is 0. The van der Waals surface area contributed by atoms with Gasteiger partial charge in [-0.2, -0.15) is 0 Å². The fourth-order valence-electron chi connectivity index (χ4n) is 6.83. The number of carbonyl (C=O) groups is 6. The Morgan fingerprint density at radius 2 is 0.744 bits per heavy atom. The zero-order valence-electron chi connectivity index (χ0n) is 44.8. The Morgan fingerprint density at radius 1 is 0.439 bits per heavy atom. The number of hydrogen-bond acceptors (Lipinski definition) is 20. The molecule has 402 valence electrons. The van der Waals surface area contributed by atoms with E-state index in [-0.39, 0.29) is 164 Å². The molecule has 82 heavy (non-hydrogen) atoms. The Balaban J connectivity index is 0.00000574. The van der Waals surface area contributed by atoms with Crippen molar-refractivity contribution < 1.29 is 193 Å². The number of carboxylic acid groups (broad SMARTS) is 2. The number of azo groups is 2. The van der Waals surface area contributed by atoms with Crippen molar-refractivity contribution >= 4 is 102 Å². The molecule has 8 N–H and O–H groups in total. The number of rotatable bonds is 17. The van der Waals surface area contributed by atoms with Gasteiger partial charge in [0.15, 0.2) is 11.4 Å². The fraction of sp³-hybridized carbons (Fsp3) is 0.0800. The quantitative estimate of drug-likeness (QED) is 0.0139. The number of nitrogens with one attached hydrogen (secondary N) is 6. The molecule has 0 saturated carbocycles. The molecule has 0 bridgehead atoms. The average molecular weight is 1190 g/mol. The summed E-state index contributed by atoms with van der Waals surface area (Å²) < 4.78 is 67.0. The van der Waals surface area contributed by atoms with Gasteiger partial charge in [-0.05, 0) is 159 Å². The van der Waals surface area contributed by atoms with Crippen LogP contribution in [0.5, 0.6) is 0 Å². The van der Waals surface area contributed by atoms with Crippen molar-refractivity contribution in [3.8, 4) is 11.1 Å². The van der Waals surface area contributed by atoms with Crippen LogP contribution < -0.4 is 160 Å². The number of carbonyl (C=O) groups excluding carboxylic acids is 6. The maximum absolute atomic E-state index is 13.4. The fourth-order valence-corrected chi connectivity index (χ4v) is 7.77. The number of nitrogens with zero attached hydrogens (tertiary/aromatic N) is 4. The standard InChI is InChI=1S/C50H44N10O16S2.4Na/c1-25-21-29(5-17-39(25)55-45(63)43(27(3)61)59-57-41-19-11-33(23-37(41)47(65)66)53-49(69)51-31-7-13-35(14-8-31)77(71,72)73)30-6-18-40(26(2)22-30)56-46(64)44(28(4)62)60-58-42-20-12-34(24-38(42)48(67)68)54-50(70)52-32-9-15-36(16-10-32)78(74,75)76;;;;/h5-24,61-62H,1-4H3,(H,55,63)(H,56,64)(H,65,66)(H,67,68)(H2,51,53,69)(H2,52,54,70)(H,71,72,73)(H,74,75,76);;;;/q;4*+1/p-4. The first-order valence-electron chi connectivity index (χ1n) is 22.1. The topological polar surface area (TPSA) is 425 Å². The second-order valence-corrected chi connectivity index (χ2v) is 19.1. The second-order valence-electron chi connectivity index (χ2n) is 16.4. The minimum atomic E-state index is -4.72. The third-order valence-electron chi connectivity index (χ3n) is 10.7. The summed E-state index contributed by atoms with van der Waals surface area (Å²) in [5.41, 5.74) is 0.135. The summed E-state index contributed by atoms with van der Waals surface area (Å²) in [6.07, 6.45) is 0. The Morgan fingerprint density at radius 3 is 1.02 bits per heavy atom. The first kappa shape index (κ1) is 71.9. The number of allylic oxidation sites excluding steroid dienone is 2. The predicted molar refractivity (Wildman–Crippen MR) is 274 cm³/mol. The maximum atomic E-state index is 13.4. The first-order valence-corrected chi connectivity index (χ1v) is 24.9. The number of aryl methyl sites for hydroxylation is 2. The molecule has 0 unspecified atom stereocenters. The zero-order chi connectivity index (χ0) is 57.2. The summed E-state index contributed by atoms with van der Waals surface area (Å²) in [7, 11) is -9.44. The molecule has 0 aliphatic heterocycles. The molecule has 6 aromatic carbocycles. The van der Waals surface area contributed by atoms with Gasteiger partial charge in [0, 0.05) is 45.3 Å². The van der Waals surface area contributed by atoms with E-state index in [0.717, 1.165) is 86.6 Å². The van der Waals surface area contributed by atoms with Crippen molar-refractivity contribution in [3.05, 3.63) is 166 Å². The minimum Gasteiger partial charge on any atom is -0.744 e. The Hall–Kier alpha value is -6.16. The smallest absolute Gasteiger partial charge is 0.744 e. The normalized spacial score (nSPS) is 11.6. The molecule has 6 aromatic rings. The molecule has 0 saturated heterocycles. The summed E-state index contributed by atoms with van der Waals surface area (Å²) in [6.45, 7) is 5.65. The number of hydrogen-bond donors (Lipinski definition) is 8. The van der Waals surface area contributed by atoms with E-state index in [0.29, 0.717) is 22.3 Å². The van der Waals surface area contributed by atoms with Crippen molar-refractivity contribution in [3.63, 3.8) is 0 Å². The molecule has 0 heterocycles. The minimum absolute atomic E-state index is 0. The molecule has 0 aliphatic rings. The van der Waals surface area contributed by atoms with E-state index in [1.54, 1.807) is 50.2 Å². The summed E-state index contributed by atoms with van der Waals surface area (Å²) in [5, 5.41) is 74.9. The van der Waals surface area contributed by atoms with Crippen LogP contribution in [0.1, 0.15) is 45.7 Å². The van der Waals surface area contributed by atoms with E-state index < -0.39 is 99.9 Å². The second kappa shape index (κ2) is 31.5. The molecule has 26 nitrogen and oxygen atoms in total. The Labute approximate surface area is 556 Å². The Bertz CT molecular complexity index is 3560. The third kappa shape index (κ3) is 20.0. The summed E-state index contributed by atoms with van der Waals surface area (Å²) in [6, 6.07) is 23.5. The number of aliphatic hydroxyl groups excluding tert-OH is 2. The van der Waals surface area contributed by atoms with Gasteiger partial charge in [-0.1, -0.05) is 12.1 Å². The largest absolute Gasteiger partial charge is 1.00 e. The van der Waals surface area contributed by atoms with Crippen LogP contribution in [0.15, 0.2) is 174 Å². The number of amides is 6. The van der Waals surface area contributed by atoms with Gasteiger partial charge >= 0.3 is 130 Å². The predicted octanol–water partition coefficient (Wildman–Crippen LogP) is -5.17. The van der Waals surface area contributed by atoms with E-state index in [1.807, 2.05) is 0 Å². The van der Waals surface area contributed by atoms with Crippen LogP contribution in [0, 0.1) is 13.8 Å². The van der Waals surface area contributed by atoms with E-state index >= 15 is 0 Å². The summed E-state index contributed by atoms with van der Waals surface area (Å²) in [5.74, 6) is -6.49. The number of aromatic carboxylic acids is 2. The molecule has 6 rings (SSSR count). The van der Waals surface area contributed by atoms with Gasteiger partial charge in [0.05, 0.1) is 33.1 Å². The van der Waals surface area contributed by atoms with E-state index in [2.05, 4.69) is 52.4 Å². The van der Waals surface area contributed by atoms with Crippen LogP contribution in [0.3, 0.4) is 0 Å². The van der Waals surface area contributed by atoms with Crippen molar-refractivity contribution in [2.45, 2.75) is 37.5 Å². The van der Waals surface area contributed by atoms with Crippen LogP contribution in [0.2, 0.25) is 0 Å². The van der Waals surface area contributed by atoms with E-state index in [1.165, 1.54) is 12.1 Å². The Kier molecular flexibility index (Phi) is 27.6. The first-order chi connectivity index (χ1) is 36.7. The molecule has 6 amide bonds. The number of anilines is 6. The van der Waals surface area contributed by atoms with Crippen LogP contribution in [0.4, 0.5) is 55.1 Å². The van der Waals surface area contributed by atoms with E-state index in [4.69, 9.17) is 0 Å². The maximum Gasteiger partial charge on any atom is 1.00 e. The third-order valence-corrected chi connectivity index (χ3v) is 12.4. The van der Waals surface area contributed by atoms with Crippen LogP contribution in [-0.4, -0.2) is 72.0 Å². The number of benzene rings is 6. The molecule has 0 aliphatic carbocycles. The van der Waals surface area contributed by atoms with Crippen molar-refractivity contribution in [1.82, 2.24) is 0 Å². The number of aliphatic hydroxyl groups is 2. The van der Waals surface area contributed by atoms with E-state index in [9.17, 15) is 75.1 Å². The van der Waals surface area contributed by atoms with Gasteiger partial charge in [-0.25, -0.2) is 26.4 Å². The molecule has 0 radical (unpaired) electrons. The molecule has 0 fully saturated rings. The van der Waals surface area contributed by atoms with Crippen molar-refractivity contribution in [2.24, 2.45) is 20.5 Å². The molecule has 0 atom stereocenters. The molecule has 0 aromatic heterocycles. The average Bonchev–Trinajstić information content (AvgIpc) is 3.35. The van der Waals surface area contributed by atoms with Crippen molar-refractivity contribution in [1.29, 1.82) is 0 Å². The van der Waals surface area contributed by atoms with Crippen LogP contribution >= 0.6 is 0 Å². The van der Waals surface area contributed by atoms with Crippen molar-refractivity contribution in [2.75, 3.05) is 31.9 Å². The monoisotopic (exact) mass is 1190 g/mol. The van der Waals surface area contributed by atoms with Gasteiger partial charge in [0.2, 0.25) is 0 Å². The number of carboxylic acids is 2. The van der Waals surface area contributed by atoms with Gasteiger partial charge in [-0.3, -0.25) is 9.59 Å². The van der Waals surface area contributed by atoms with Gasteiger partial charge in [-0.15, -0.1) is 20.5 Å². The molecule has 0 spiro atoms. The van der Waals surface area contributed by atoms with Crippen LogP contribution in [-0.2, 0) is 29.8 Å². The SMILES string of the molecule is CC(O)=C(N=Nc1ccc(NC(=O)Nc2ccc(S(=O)(=O)[O-])cc2)cc1C(=O)[O-])C(=O)Nc1ccc(-c2ccc(NC(=O)C(N=Nc3ccc(NC(=O)Nc4ccc(S(=O)(=O)[O-])cc4)cc3C(=O)[O-])=C(C)O)c(C)c2)cc1C.[Na+].[Na+].[Na+].[Na+]. The van der Waals surface area contributed by atoms with Crippen LogP contribution in [0.25, 0.3) is 11.1 Å². The zero-order valence-corrected chi connectivity index (χ0v) is 54.4.